The number of rotatable bonds is 6. The molecule has 1 aromatic carbocycles. The number of anilines is 1. The second-order valence-corrected chi connectivity index (χ2v) is 4.76. The van der Waals surface area contributed by atoms with Crippen molar-refractivity contribution in [3.8, 4) is 0 Å². The van der Waals surface area contributed by atoms with Gasteiger partial charge in [-0.2, -0.15) is 0 Å². The summed E-state index contributed by atoms with van der Waals surface area (Å²) < 4.78 is 0. The number of aromatic carboxylic acids is 1. The smallest absolute Gasteiger partial charge is 0.337 e. The molecule has 1 unspecified atom stereocenters. The van der Waals surface area contributed by atoms with Crippen LogP contribution in [0.15, 0.2) is 18.2 Å². The van der Waals surface area contributed by atoms with Gasteiger partial charge in [0.1, 0.15) is 6.29 Å². The van der Waals surface area contributed by atoms with Crippen LogP contribution in [0.1, 0.15) is 30.1 Å². The summed E-state index contributed by atoms with van der Waals surface area (Å²) in [6.45, 7) is 1.63. The summed E-state index contributed by atoms with van der Waals surface area (Å²) in [7, 11) is 0. The first-order chi connectivity index (χ1) is 9.38. The molecule has 0 aliphatic carbocycles. The van der Waals surface area contributed by atoms with E-state index in [9.17, 15) is 14.4 Å². The molecule has 20 heavy (non-hydrogen) atoms. The van der Waals surface area contributed by atoms with Gasteiger partial charge in [0.15, 0.2) is 0 Å². The van der Waals surface area contributed by atoms with Crippen molar-refractivity contribution in [3.05, 3.63) is 28.8 Å². The summed E-state index contributed by atoms with van der Waals surface area (Å²) in [6, 6.07) is 4.05. The van der Waals surface area contributed by atoms with Crippen LogP contribution in [0.25, 0.3) is 0 Å². The molecule has 0 heterocycles. The molecule has 1 aromatic rings. The van der Waals surface area contributed by atoms with Crippen LogP contribution in [0.2, 0.25) is 5.02 Å². The number of nitrogens with two attached hydrogens (primary N) is 1. The molecule has 108 valence electrons. The molecule has 0 bridgehead atoms. The highest BCUT2D eigenvalue weighted by molar-refractivity contribution is 6.31. The van der Waals surface area contributed by atoms with Crippen LogP contribution in [0.3, 0.4) is 0 Å². The Bertz CT molecular complexity index is 533. The Morgan fingerprint density at radius 3 is 2.70 bits per heavy atom. The molecule has 0 spiro atoms. The van der Waals surface area contributed by atoms with Crippen LogP contribution in [-0.2, 0) is 9.59 Å². The van der Waals surface area contributed by atoms with E-state index in [2.05, 4.69) is 0 Å². The minimum atomic E-state index is -1.23. The quantitative estimate of drug-likeness (QED) is 0.361. The van der Waals surface area contributed by atoms with E-state index in [1.807, 2.05) is 0 Å². The van der Waals surface area contributed by atoms with E-state index in [1.54, 1.807) is 6.92 Å². The zero-order valence-electron chi connectivity index (χ0n) is 10.9. The second-order valence-electron chi connectivity index (χ2n) is 4.32. The van der Waals surface area contributed by atoms with E-state index in [0.717, 1.165) is 11.3 Å². The van der Waals surface area contributed by atoms with Gasteiger partial charge in [-0.25, -0.2) is 15.6 Å². The Balaban J connectivity index is 3.02. The highest BCUT2D eigenvalue weighted by Gasteiger charge is 2.23. The molecule has 3 N–H and O–H groups in total. The van der Waals surface area contributed by atoms with Gasteiger partial charge in [0, 0.05) is 17.4 Å². The van der Waals surface area contributed by atoms with Crippen molar-refractivity contribution in [2.24, 2.45) is 11.8 Å². The maximum atomic E-state index is 12.1. The minimum Gasteiger partial charge on any atom is -0.478 e. The lowest BCUT2D eigenvalue weighted by Crippen LogP contribution is -2.41. The van der Waals surface area contributed by atoms with Crippen molar-refractivity contribution in [1.29, 1.82) is 0 Å². The standard InChI is InChI=1S/C13H15ClN2O4/c1-8(3-2-6-17)12(18)16(15)11-5-4-9(14)7-10(11)13(19)20/h4-8H,2-3,15H2,1H3,(H,19,20). The molecular weight excluding hydrogens is 284 g/mol. The Kier molecular flexibility index (Phi) is 5.66. The normalized spacial score (nSPS) is 11.8. The van der Waals surface area contributed by atoms with Crippen molar-refractivity contribution >= 4 is 35.5 Å². The van der Waals surface area contributed by atoms with Crippen LogP contribution in [0.4, 0.5) is 5.69 Å². The maximum Gasteiger partial charge on any atom is 0.337 e. The number of hydrogen-bond acceptors (Lipinski definition) is 4. The van der Waals surface area contributed by atoms with Crippen LogP contribution in [0.5, 0.6) is 0 Å². The molecule has 1 rings (SSSR count). The molecule has 0 aliphatic rings. The summed E-state index contributed by atoms with van der Waals surface area (Å²) >= 11 is 5.73. The first-order valence-corrected chi connectivity index (χ1v) is 6.31. The van der Waals surface area contributed by atoms with Crippen molar-refractivity contribution in [1.82, 2.24) is 0 Å². The predicted octanol–water partition coefficient (Wildman–Crippen LogP) is 1.86. The summed E-state index contributed by atoms with van der Waals surface area (Å²) in [5.41, 5.74) is -0.0965. The largest absolute Gasteiger partial charge is 0.478 e. The number of hydrazine groups is 1. The molecule has 1 amide bonds. The fourth-order valence-electron chi connectivity index (χ4n) is 1.69. The number of carbonyl (C=O) groups is 3. The van der Waals surface area contributed by atoms with Gasteiger partial charge in [-0.3, -0.25) is 4.79 Å². The van der Waals surface area contributed by atoms with Gasteiger partial charge in [-0.1, -0.05) is 18.5 Å². The zero-order valence-corrected chi connectivity index (χ0v) is 11.6. The summed E-state index contributed by atoms with van der Waals surface area (Å²) in [4.78, 5) is 33.5. The third-order valence-corrected chi connectivity index (χ3v) is 3.06. The number of carboxylic acids is 1. The molecule has 0 fully saturated rings. The number of benzene rings is 1. The average Bonchev–Trinajstić information content (AvgIpc) is 2.42. The number of aldehydes is 1. The lowest BCUT2D eigenvalue weighted by Gasteiger charge is -2.22. The van der Waals surface area contributed by atoms with Crippen LogP contribution in [0, 0.1) is 5.92 Å². The monoisotopic (exact) mass is 298 g/mol. The van der Waals surface area contributed by atoms with Crippen LogP contribution < -0.4 is 10.9 Å². The van der Waals surface area contributed by atoms with Crippen molar-refractivity contribution in [2.75, 3.05) is 5.01 Å². The number of carbonyl (C=O) groups excluding carboxylic acids is 2. The molecule has 6 nitrogen and oxygen atoms in total. The number of amides is 1. The molecular formula is C13H15ClN2O4. The predicted molar refractivity (Wildman–Crippen MR) is 74.5 cm³/mol. The number of hydrogen-bond donors (Lipinski definition) is 2. The van der Waals surface area contributed by atoms with Gasteiger partial charge in [-0.15, -0.1) is 0 Å². The summed E-state index contributed by atoms with van der Waals surface area (Å²) in [5.74, 6) is 3.51. The lowest BCUT2D eigenvalue weighted by molar-refractivity contribution is -0.122. The zero-order chi connectivity index (χ0) is 15.3. The fourth-order valence-corrected chi connectivity index (χ4v) is 1.86. The van der Waals surface area contributed by atoms with Crippen molar-refractivity contribution in [3.63, 3.8) is 0 Å². The second kappa shape index (κ2) is 7.02. The van der Waals surface area contributed by atoms with E-state index < -0.39 is 17.8 Å². The summed E-state index contributed by atoms with van der Waals surface area (Å²) in [6.07, 6.45) is 1.31. The first kappa shape index (κ1) is 16.1. The SMILES string of the molecule is CC(CCC=O)C(=O)N(N)c1ccc(Cl)cc1C(=O)O. The fraction of sp³-hybridized carbons (Fsp3) is 0.308. The van der Waals surface area contributed by atoms with Crippen LogP contribution >= 0.6 is 11.6 Å². The van der Waals surface area contributed by atoms with Gasteiger partial charge in [0.2, 0.25) is 5.91 Å². The molecule has 1 atom stereocenters. The topological polar surface area (TPSA) is 101 Å². The van der Waals surface area contributed by atoms with Crippen molar-refractivity contribution in [2.45, 2.75) is 19.8 Å². The Morgan fingerprint density at radius 1 is 1.50 bits per heavy atom. The van der Waals surface area contributed by atoms with Crippen molar-refractivity contribution < 1.29 is 19.5 Å². The third kappa shape index (κ3) is 3.79. The van der Waals surface area contributed by atoms with E-state index in [-0.39, 0.29) is 22.7 Å². The number of carboxylic acid groups (broad SMARTS) is 1. The molecule has 0 aromatic heterocycles. The molecule has 0 saturated heterocycles. The van der Waals surface area contributed by atoms with E-state index in [4.69, 9.17) is 22.6 Å². The van der Waals surface area contributed by atoms with E-state index in [0.29, 0.717) is 6.42 Å². The molecule has 0 saturated carbocycles. The van der Waals surface area contributed by atoms with Gasteiger partial charge in [0.05, 0.1) is 11.3 Å². The molecule has 7 heteroatoms. The highest BCUT2D eigenvalue weighted by atomic mass is 35.5. The Morgan fingerprint density at radius 2 is 2.15 bits per heavy atom. The maximum absolute atomic E-state index is 12.1. The highest BCUT2D eigenvalue weighted by Crippen LogP contribution is 2.24. The molecule has 0 aliphatic heterocycles. The first-order valence-electron chi connectivity index (χ1n) is 5.93. The lowest BCUT2D eigenvalue weighted by atomic mass is 10.0. The minimum absolute atomic E-state index is 0.0600. The van der Waals surface area contributed by atoms with Gasteiger partial charge < -0.3 is 9.90 Å². The summed E-state index contributed by atoms with van der Waals surface area (Å²) in [5, 5.41) is 10.1. The van der Waals surface area contributed by atoms with Gasteiger partial charge >= 0.3 is 5.97 Å². The van der Waals surface area contributed by atoms with Gasteiger partial charge in [-0.05, 0) is 24.6 Å². The Hall–Kier alpha value is -1.92. The average molecular weight is 299 g/mol. The number of nitrogens with zero attached hydrogens (tertiary/aromatic N) is 1. The van der Waals surface area contributed by atoms with Crippen LogP contribution in [-0.4, -0.2) is 23.3 Å². The van der Waals surface area contributed by atoms with E-state index in [1.165, 1.54) is 18.2 Å². The third-order valence-electron chi connectivity index (χ3n) is 2.83. The number of halogens is 1. The Labute approximate surface area is 121 Å². The van der Waals surface area contributed by atoms with E-state index >= 15 is 0 Å². The van der Waals surface area contributed by atoms with Gasteiger partial charge in [0.25, 0.3) is 0 Å². The molecule has 0 radical (unpaired) electrons.